The lowest BCUT2D eigenvalue weighted by molar-refractivity contribution is -0.194. The summed E-state index contributed by atoms with van der Waals surface area (Å²) in [4.78, 5) is 27.1. The van der Waals surface area contributed by atoms with Gasteiger partial charge in [-0.25, -0.2) is 8.78 Å². The minimum absolute atomic E-state index is 0.365. The number of hydrogen-bond acceptors (Lipinski definition) is 2. The summed E-state index contributed by atoms with van der Waals surface area (Å²) in [6.07, 6.45) is 51.1. The van der Waals surface area contributed by atoms with Crippen LogP contribution in [0.5, 0.6) is 0 Å². The highest BCUT2D eigenvalue weighted by atomic mass is 19.1. The van der Waals surface area contributed by atoms with Gasteiger partial charge in [0.05, 0.1) is 21.7 Å². The summed E-state index contributed by atoms with van der Waals surface area (Å²) in [5.74, 6) is 7.40. The van der Waals surface area contributed by atoms with Crippen LogP contribution >= 0.6 is 0 Å². The van der Waals surface area contributed by atoms with Gasteiger partial charge >= 0.3 is 0 Å². The fourth-order valence-electron chi connectivity index (χ4n) is 17.7. The zero-order valence-electron chi connectivity index (χ0n) is 44.8. The van der Waals surface area contributed by atoms with E-state index in [2.05, 4.69) is 27.7 Å². The van der Waals surface area contributed by atoms with Crippen LogP contribution in [0.25, 0.3) is 0 Å². The quantitative estimate of drug-likeness (QED) is 0.108. The van der Waals surface area contributed by atoms with Crippen molar-refractivity contribution in [3.8, 4) is 0 Å². The molecule has 4 heteroatoms. The minimum atomic E-state index is -0.839. The van der Waals surface area contributed by atoms with E-state index in [9.17, 15) is 9.59 Å². The normalized spacial score (nSPS) is 41.0. The van der Waals surface area contributed by atoms with E-state index in [0.29, 0.717) is 11.6 Å². The number of unbranched alkanes of at least 4 members (excludes halogenated alkanes) is 11. The third kappa shape index (κ3) is 12.2. The summed E-state index contributed by atoms with van der Waals surface area (Å²) < 4.78 is 31.8. The Hall–Kier alpha value is -0.800. The number of Topliss-reactive ketones (excluding diaryl/α,β-unsaturated/α-hetero) is 2. The highest BCUT2D eigenvalue weighted by Crippen LogP contribution is 2.68. The van der Waals surface area contributed by atoms with E-state index in [4.69, 9.17) is 0 Å². The van der Waals surface area contributed by atoms with Crippen LogP contribution in [-0.4, -0.2) is 23.9 Å². The molecule has 8 aliphatic carbocycles. The number of halogens is 2. The SMILES string of the molecule is CCCCCCC1CCC(C2CCC3(CC2)C(=O)[C@]2(CC[C@@H](CCCCCC)CC2)[C@H]3F)CC1.CCCCCCC1CCC([C@H]2CC[C@]3(CC2)C(=O)[C@@]2(CCC(CCCCC)CC2)[C@H]3F)CC1. The van der Waals surface area contributed by atoms with Gasteiger partial charge in [-0.3, -0.25) is 9.59 Å². The molecular weight excluding hydrogens is 827 g/mol. The number of carbonyl (C=O) groups excluding carboxylic acids is 2. The van der Waals surface area contributed by atoms with Crippen molar-refractivity contribution < 1.29 is 18.4 Å². The van der Waals surface area contributed by atoms with Crippen molar-refractivity contribution in [2.24, 2.45) is 69.0 Å². The third-order valence-electron chi connectivity index (χ3n) is 22.3. The highest BCUT2D eigenvalue weighted by Gasteiger charge is 2.73. The van der Waals surface area contributed by atoms with Crippen molar-refractivity contribution in [1.82, 2.24) is 0 Å². The van der Waals surface area contributed by atoms with E-state index in [1.54, 1.807) is 0 Å². The highest BCUT2D eigenvalue weighted by molar-refractivity contribution is 5.99. The molecule has 2 atom stereocenters. The first-order chi connectivity index (χ1) is 32.6. The molecule has 8 aliphatic rings. The monoisotopic (exact) mass is 935 g/mol. The molecule has 8 fully saturated rings. The summed E-state index contributed by atoms with van der Waals surface area (Å²) in [7, 11) is 0. The van der Waals surface area contributed by atoms with Crippen LogP contribution in [0.3, 0.4) is 0 Å². The predicted octanol–water partition coefficient (Wildman–Crippen LogP) is 19.6. The van der Waals surface area contributed by atoms with Gasteiger partial charge < -0.3 is 0 Å². The molecule has 0 heterocycles. The molecule has 2 nitrogen and oxygen atoms in total. The molecule has 0 N–H and O–H groups in total. The molecule has 0 radical (unpaired) electrons. The van der Waals surface area contributed by atoms with E-state index in [1.165, 1.54) is 173 Å². The van der Waals surface area contributed by atoms with Gasteiger partial charge in [-0.1, -0.05) is 175 Å². The minimum Gasteiger partial charge on any atom is -0.298 e. The summed E-state index contributed by atoms with van der Waals surface area (Å²) in [6.45, 7) is 9.10. The fourth-order valence-corrected chi connectivity index (χ4v) is 17.7. The second-order valence-corrected chi connectivity index (χ2v) is 26.2. The van der Waals surface area contributed by atoms with Crippen LogP contribution in [0.1, 0.15) is 304 Å². The Morgan fingerprint density at radius 2 is 0.537 bits per heavy atom. The molecule has 0 bridgehead atoms. The van der Waals surface area contributed by atoms with Crippen LogP contribution < -0.4 is 0 Å². The van der Waals surface area contributed by atoms with E-state index in [0.717, 1.165) is 150 Å². The summed E-state index contributed by atoms with van der Waals surface area (Å²) in [5, 5.41) is 0. The average molecular weight is 936 g/mol. The first kappa shape index (κ1) is 54.0. The first-order valence-electron chi connectivity index (χ1n) is 31.0. The zero-order chi connectivity index (χ0) is 47.3. The molecule has 67 heavy (non-hydrogen) atoms. The maximum Gasteiger partial charge on any atom is 0.151 e. The molecule has 0 saturated heterocycles. The van der Waals surface area contributed by atoms with Crippen molar-refractivity contribution in [1.29, 1.82) is 0 Å². The lowest BCUT2D eigenvalue weighted by Gasteiger charge is -2.61. The summed E-state index contributed by atoms with van der Waals surface area (Å²) in [6, 6.07) is 0. The molecule has 0 aliphatic heterocycles. The molecule has 0 aromatic carbocycles. The lowest BCUT2D eigenvalue weighted by Crippen LogP contribution is -2.69. The molecule has 8 saturated carbocycles. The Morgan fingerprint density at radius 3 is 0.806 bits per heavy atom. The molecular formula is C63H108F2O2. The molecule has 0 aromatic heterocycles. The van der Waals surface area contributed by atoms with Crippen molar-refractivity contribution in [3.63, 3.8) is 0 Å². The first-order valence-corrected chi connectivity index (χ1v) is 31.0. The van der Waals surface area contributed by atoms with E-state index in [1.807, 2.05) is 0 Å². The van der Waals surface area contributed by atoms with Gasteiger partial charge in [0.15, 0.2) is 11.6 Å². The Morgan fingerprint density at radius 1 is 0.313 bits per heavy atom. The standard InChI is InChI=1S/C32H55FO.C31H53FO/c1-3-5-7-9-11-25-13-15-27(16-14-25)28-19-23-32(24-20-28)29(33)31(30(32)34)21-17-26(18-22-31)12-10-8-6-4-2;1-3-5-7-9-11-24-12-14-26(15-13-24)27-18-22-31(23-19-27)28(32)30(29(31)33)20-16-25(17-21-30)10-8-6-4-2/h25-29H,3-24H2,1-2H3;24-28H,3-23H2,1-2H3/t25?,26-,27?,28?,29-,31+,32?;24?,25?,26?,27-,28-,30-,31+/m11/s1. The Kier molecular flexibility index (Phi) is 20.7. The number of carbonyl (C=O) groups is 2. The van der Waals surface area contributed by atoms with Gasteiger partial charge in [0.25, 0.3) is 0 Å². The Labute approximate surface area is 413 Å². The largest absolute Gasteiger partial charge is 0.298 e. The number of hydrogen-bond donors (Lipinski definition) is 0. The number of ketones is 2. The lowest BCUT2D eigenvalue weighted by atomic mass is 9.41. The molecule has 4 spiro atoms. The number of alkyl halides is 2. The van der Waals surface area contributed by atoms with Crippen LogP contribution in [0.2, 0.25) is 0 Å². The Balaban J connectivity index is 0.000000199. The number of rotatable bonds is 21. The van der Waals surface area contributed by atoms with Crippen molar-refractivity contribution in [2.75, 3.05) is 0 Å². The molecule has 8 rings (SSSR count). The average Bonchev–Trinajstić information content (AvgIpc) is 3.38. The van der Waals surface area contributed by atoms with Crippen molar-refractivity contribution in [2.45, 2.75) is 316 Å². The maximum atomic E-state index is 15.9. The van der Waals surface area contributed by atoms with Gasteiger partial charge in [-0.05, 0) is 176 Å². The maximum absolute atomic E-state index is 15.9. The Bertz CT molecular complexity index is 1440. The molecule has 0 unspecified atom stereocenters. The van der Waals surface area contributed by atoms with Gasteiger partial charge in [-0.2, -0.15) is 0 Å². The van der Waals surface area contributed by atoms with Crippen LogP contribution in [0.4, 0.5) is 8.78 Å². The van der Waals surface area contributed by atoms with E-state index < -0.39 is 34.0 Å². The molecule has 0 aromatic rings. The van der Waals surface area contributed by atoms with Gasteiger partial charge in [0, 0.05) is 0 Å². The van der Waals surface area contributed by atoms with Gasteiger partial charge in [-0.15, -0.1) is 0 Å². The van der Waals surface area contributed by atoms with E-state index >= 15 is 8.78 Å². The van der Waals surface area contributed by atoms with Gasteiger partial charge in [0.2, 0.25) is 0 Å². The van der Waals surface area contributed by atoms with Crippen molar-refractivity contribution in [3.05, 3.63) is 0 Å². The molecule has 0 amide bonds. The van der Waals surface area contributed by atoms with Crippen molar-refractivity contribution >= 4 is 11.6 Å². The van der Waals surface area contributed by atoms with E-state index in [-0.39, 0.29) is 0 Å². The van der Waals surface area contributed by atoms with Crippen LogP contribution in [0.15, 0.2) is 0 Å². The fraction of sp³-hybridized carbons (Fsp3) is 0.968. The van der Waals surface area contributed by atoms with Crippen LogP contribution in [-0.2, 0) is 9.59 Å². The summed E-state index contributed by atoms with van der Waals surface area (Å²) in [5.41, 5.74) is -2.27. The topological polar surface area (TPSA) is 34.1 Å². The second kappa shape index (κ2) is 25.7. The summed E-state index contributed by atoms with van der Waals surface area (Å²) >= 11 is 0. The molecule has 386 valence electrons. The van der Waals surface area contributed by atoms with Crippen LogP contribution in [0, 0.1) is 69.0 Å². The predicted molar refractivity (Wildman–Crippen MR) is 279 cm³/mol. The zero-order valence-corrected chi connectivity index (χ0v) is 44.8. The third-order valence-corrected chi connectivity index (χ3v) is 22.3. The van der Waals surface area contributed by atoms with Gasteiger partial charge in [0.1, 0.15) is 12.3 Å². The second-order valence-electron chi connectivity index (χ2n) is 26.2. The smallest absolute Gasteiger partial charge is 0.151 e.